The minimum absolute atomic E-state index is 0.0118. The zero-order valence-corrected chi connectivity index (χ0v) is 8.80. The normalized spacial score (nSPS) is 15.0. The van der Waals surface area contributed by atoms with Crippen LogP contribution in [0.5, 0.6) is 0 Å². The van der Waals surface area contributed by atoms with Gasteiger partial charge in [-0.25, -0.2) is 8.78 Å². The molecule has 0 heterocycles. The minimum Gasteiger partial charge on any atom is -0.395 e. The maximum absolute atomic E-state index is 12.9. The van der Waals surface area contributed by atoms with Crippen molar-refractivity contribution in [1.82, 2.24) is 5.32 Å². The summed E-state index contributed by atoms with van der Waals surface area (Å²) in [6, 6.07) is 3.10. The van der Waals surface area contributed by atoms with Crippen molar-refractivity contribution in [3.8, 4) is 0 Å². The molecule has 0 saturated heterocycles. The molecule has 0 fully saturated rings. The summed E-state index contributed by atoms with van der Waals surface area (Å²) in [6.45, 7) is 3.58. The average molecular weight is 215 g/mol. The lowest BCUT2D eigenvalue weighted by Gasteiger charge is -2.18. The highest BCUT2D eigenvalue weighted by atomic mass is 19.1. The fourth-order valence-corrected chi connectivity index (χ4v) is 1.40. The summed E-state index contributed by atoms with van der Waals surface area (Å²) in [5.41, 5.74) is 0.535. The van der Waals surface area contributed by atoms with Gasteiger partial charge < -0.3 is 10.4 Å². The number of aliphatic hydroxyl groups is 1. The van der Waals surface area contributed by atoms with Crippen LogP contribution in [0.2, 0.25) is 0 Å². The molecule has 0 aliphatic rings. The van der Waals surface area contributed by atoms with E-state index in [0.29, 0.717) is 5.56 Å². The number of nitrogens with one attached hydrogen (secondary N) is 1. The average Bonchev–Trinajstić information content (AvgIpc) is 2.16. The van der Waals surface area contributed by atoms with Gasteiger partial charge in [-0.1, -0.05) is 0 Å². The van der Waals surface area contributed by atoms with Crippen molar-refractivity contribution in [3.63, 3.8) is 0 Å². The third-order valence-corrected chi connectivity index (χ3v) is 2.19. The van der Waals surface area contributed by atoms with Crippen molar-refractivity contribution in [3.05, 3.63) is 35.4 Å². The predicted molar refractivity (Wildman–Crippen MR) is 54.5 cm³/mol. The van der Waals surface area contributed by atoms with Gasteiger partial charge in [-0.15, -0.1) is 0 Å². The Hall–Kier alpha value is -1.00. The van der Waals surface area contributed by atoms with E-state index >= 15 is 0 Å². The van der Waals surface area contributed by atoms with Gasteiger partial charge in [-0.3, -0.25) is 0 Å². The molecule has 0 bridgehead atoms. The Kier molecular flexibility index (Phi) is 4.17. The molecule has 2 nitrogen and oxygen atoms in total. The fraction of sp³-hybridized carbons (Fsp3) is 0.455. The summed E-state index contributed by atoms with van der Waals surface area (Å²) in [6.07, 6.45) is 0. The smallest absolute Gasteiger partial charge is 0.126 e. The highest BCUT2D eigenvalue weighted by molar-refractivity contribution is 5.20. The molecule has 1 aromatic carbocycles. The van der Waals surface area contributed by atoms with Gasteiger partial charge in [0.15, 0.2) is 0 Å². The number of hydrogen-bond acceptors (Lipinski definition) is 2. The first-order valence-electron chi connectivity index (χ1n) is 4.86. The first-order valence-corrected chi connectivity index (χ1v) is 4.86. The Bertz CT molecular complexity index is 310. The second-order valence-corrected chi connectivity index (χ2v) is 3.67. The molecule has 0 aromatic heterocycles. The van der Waals surface area contributed by atoms with Gasteiger partial charge in [0.2, 0.25) is 0 Å². The quantitative estimate of drug-likeness (QED) is 0.805. The van der Waals surface area contributed by atoms with Crippen molar-refractivity contribution in [2.75, 3.05) is 6.61 Å². The van der Waals surface area contributed by atoms with E-state index in [9.17, 15) is 8.78 Å². The van der Waals surface area contributed by atoms with Crippen LogP contribution in [-0.4, -0.2) is 17.8 Å². The van der Waals surface area contributed by atoms with Crippen LogP contribution in [0.25, 0.3) is 0 Å². The van der Waals surface area contributed by atoms with Crippen LogP contribution >= 0.6 is 0 Å². The van der Waals surface area contributed by atoms with Gasteiger partial charge in [0.25, 0.3) is 0 Å². The van der Waals surface area contributed by atoms with E-state index in [2.05, 4.69) is 5.32 Å². The molecule has 84 valence electrons. The molecule has 2 N–H and O–H groups in total. The van der Waals surface area contributed by atoms with E-state index in [-0.39, 0.29) is 18.7 Å². The van der Waals surface area contributed by atoms with E-state index in [1.165, 1.54) is 12.1 Å². The molecule has 0 aliphatic heterocycles. The van der Waals surface area contributed by atoms with Crippen molar-refractivity contribution >= 4 is 0 Å². The summed E-state index contributed by atoms with van der Waals surface area (Å²) in [5.74, 6) is -1.18. The summed E-state index contributed by atoms with van der Waals surface area (Å²) >= 11 is 0. The number of hydrogen-bond donors (Lipinski definition) is 2. The van der Waals surface area contributed by atoms with E-state index < -0.39 is 11.6 Å². The Morgan fingerprint density at radius 2 is 1.73 bits per heavy atom. The van der Waals surface area contributed by atoms with Crippen LogP contribution in [0.1, 0.15) is 25.5 Å². The van der Waals surface area contributed by atoms with Crippen LogP contribution in [0.4, 0.5) is 8.78 Å². The Labute approximate surface area is 87.9 Å². The van der Waals surface area contributed by atoms with Gasteiger partial charge in [0.05, 0.1) is 6.61 Å². The molecule has 1 rings (SSSR count). The number of benzene rings is 1. The second kappa shape index (κ2) is 5.19. The molecule has 0 spiro atoms. The highest BCUT2D eigenvalue weighted by Crippen LogP contribution is 2.16. The van der Waals surface area contributed by atoms with Gasteiger partial charge in [0.1, 0.15) is 11.6 Å². The van der Waals surface area contributed by atoms with Crippen molar-refractivity contribution in [1.29, 1.82) is 0 Å². The third kappa shape index (κ3) is 3.57. The SMILES string of the molecule is C[C@H](CO)N[C@H](C)c1cc(F)cc(F)c1. The molecule has 4 heteroatoms. The van der Waals surface area contributed by atoms with Crippen molar-refractivity contribution in [2.45, 2.75) is 25.9 Å². The zero-order valence-electron chi connectivity index (χ0n) is 8.80. The maximum atomic E-state index is 12.9. The Balaban J connectivity index is 2.77. The summed E-state index contributed by atoms with van der Waals surface area (Å²) in [7, 11) is 0. The zero-order chi connectivity index (χ0) is 11.4. The van der Waals surface area contributed by atoms with Crippen LogP contribution in [-0.2, 0) is 0 Å². The number of aliphatic hydroxyl groups excluding tert-OH is 1. The van der Waals surface area contributed by atoms with Crippen LogP contribution in [0.3, 0.4) is 0 Å². The standard InChI is InChI=1S/C11H15F2NO/c1-7(6-15)14-8(2)9-3-10(12)5-11(13)4-9/h3-5,7-8,14-15H,6H2,1-2H3/t7-,8-/m1/s1. The van der Waals surface area contributed by atoms with E-state index in [4.69, 9.17) is 5.11 Å². The Morgan fingerprint density at radius 3 is 2.20 bits per heavy atom. The lowest BCUT2D eigenvalue weighted by atomic mass is 10.1. The van der Waals surface area contributed by atoms with E-state index in [0.717, 1.165) is 6.07 Å². The molecule has 15 heavy (non-hydrogen) atoms. The lowest BCUT2D eigenvalue weighted by Crippen LogP contribution is -2.31. The molecule has 0 unspecified atom stereocenters. The van der Waals surface area contributed by atoms with Crippen LogP contribution < -0.4 is 5.32 Å². The monoisotopic (exact) mass is 215 g/mol. The van der Waals surface area contributed by atoms with Gasteiger partial charge in [0, 0.05) is 18.2 Å². The third-order valence-electron chi connectivity index (χ3n) is 2.19. The van der Waals surface area contributed by atoms with Crippen LogP contribution in [0, 0.1) is 11.6 Å². The fourth-order valence-electron chi connectivity index (χ4n) is 1.40. The van der Waals surface area contributed by atoms with E-state index in [1.54, 1.807) is 13.8 Å². The molecule has 2 atom stereocenters. The first kappa shape index (κ1) is 12.1. The molecule has 0 aliphatic carbocycles. The maximum Gasteiger partial charge on any atom is 0.126 e. The first-order chi connectivity index (χ1) is 7.02. The van der Waals surface area contributed by atoms with Crippen molar-refractivity contribution in [2.24, 2.45) is 0 Å². The van der Waals surface area contributed by atoms with Gasteiger partial charge in [-0.2, -0.15) is 0 Å². The molecular weight excluding hydrogens is 200 g/mol. The summed E-state index contributed by atoms with van der Waals surface area (Å²) in [5, 5.41) is 11.8. The minimum atomic E-state index is -0.588. The number of rotatable bonds is 4. The van der Waals surface area contributed by atoms with Crippen molar-refractivity contribution < 1.29 is 13.9 Å². The topological polar surface area (TPSA) is 32.3 Å². The summed E-state index contributed by atoms with van der Waals surface area (Å²) < 4.78 is 25.8. The van der Waals surface area contributed by atoms with Crippen LogP contribution in [0.15, 0.2) is 18.2 Å². The van der Waals surface area contributed by atoms with Gasteiger partial charge in [-0.05, 0) is 31.5 Å². The summed E-state index contributed by atoms with van der Waals surface area (Å²) in [4.78, 5) is 0. The molecule has 0 radical (unpaired) electrons. The lowest BCUT2D eigenvalue weighted by molar-refractivity contribution is 0.243. The molecule has 1 aromatic rings. The van der Waals surface area contributed by atoms with Gasteiger partial charge >= 0.3 is 0 Å². The molecule has 0 saturated carbocycles. The number of halogens is 2. The van der Waals surface area contributed by atoms with E-state index in [1.807, 2.05) is 0 Å². The largest absolute Gasteiger partial charge is 0.395 e. The molecular formula is C11H15F2NO. The second-order valence-electron chi connectivity index (χ2n) is 3.67. The highest BCUT2D eigenvalue weighted by Gasteiger charge is 2.10. The predicted octanol–water partition coefficient (Wildman–Crippen LogP) is 2.00. The Morgan fingerprint density at radius 1 is 1.20 bits per heavy atom. The molecule has 0 amide bonds.